The third kappa shape index (κ3) is 6.58. The highest BCUT2D eigenvalue weighted by molar-refractivity contribution is 8.13. The van der Waals surface area contributed by atoms with E-state index in [2.05, 4.69) is 10.6 Å². The predicted molar refractivity (Wildman–Crippen MR) is 111 cm³/mol. The van der Waals surface area contributed by atoms with Gasteiger partial charge in [0, 0.05) is 49.8 Å². The number of carbonyl (C=O) groups is 2. The molecule has 2 aromatic rings. The van der Waals surface area contributed by atoms with Gasteiger partial charge >= 0.3 is 0 Å². The van der Waals surface area contributed by atoms with E-state index in [1.807, 2.05) is 6.07 Å². The van der Waals surface area contributed by atoms with Crippen LogP contribution in [0.15, 0.2) is 53.4 Å². The summed E-state index contributed by atoms with van der Waals surface area (Å²) in [6.45, 7) is 0.556. The molecule has 2 aromatic carbocycles. The van der Waals surface area contributed by atoms with E-state index < -0.39 is 4.92 Å². The Bertz CT molecular complexity index is 840. The van der Waals surface area contributed by atoms with Crippen molar-refractivity contribution >= 4 is 40.0 Å². The number of nitrogens with one attached hydrogen (secondary N) is 2. The second-order valence-electron chi connectivity index (χ2n) is 6.14. The van der Waals surface area contributed by atoms with Crippen LogP contribution in [-0.2, 0) is 4.79 Å². The summed E-state index contributed by atoms with van der Waals surface area (Å²) in [6.07, 6.45) is 0.898. The average molecular weight is 402 g/mol. The summed E-state index contributed by atoms with van der Waals surface area (Å²) in [6, 6.07) is 13.3. The van der Waals surface area contributed by atoms with Crippen molar-refractivity contribution in [3.8, 4) is 0 Å². The maximum atomic E-state index is 12.2. The fourth-order valence-corrected chi connectivity index (χ4v) is 2.99. The van der Waals surface area contributed by atoms with Crippen LogP contribution in [0.2, 0.25) is 0 Å². The molecule has 0 saturated carbocycles. The van der Waals surface area contributed by atoms with Crippen molar-refractivity contribution in [2.45, 2.75) is 17.7 Å². The fraction of sp³-hybridized carbons (Fsp3) is 0.263. The molecule has 148 valence electrons. The van der Waals surface area contributed by atoms with Crippen LogP contribution in [0.3, 0.4) is 0 Å². The van der Waals surface area contributed by atoms with Crippen molar-refractivity contribution < 1.29 is 14.5 Å². The topological polar surface area (TPSA) is 105 Å². The number of anilines is 2. The first-order valence-corrected chi connectivity index (χ1v) is 9.45. The van der Waals surface area contributed by atoms with E-state index in [4.69, 9.17) is 0 Å². The smallest absolute Gasteiger partial charge is 0.286 e. The normalized spacial score (nSPS) is 10.2. The number of amides is 2. The molecule has 2 amide bonds. The average Bonchev–Trinajstić information content (AvgIpc) is 2.67. The van der Waals surface area contributed by atoms with E-state index in [9.17, 15) is 19.7 Å². The lowest BCUT2D eigenvalue weighted by molar-refractivity contribution is -0.384. The molecule has 9 heteroatoms. The SMILES string of the molecule is CN(C)C(=O)Sc1ccccc1NC(=O)CCCNc1ccc([N+](=O)[O-])cc1. The van der Waals surface area contributed by atoms with E-state index in [-0.39, 0.29) is 16.8 Å². The van der Waals surface area contributed by atoms with Gasteiger partial charge in [0.25, 0.3) is 10.9 Å². The van der Waals surface area contributed by atoms with Gasteiger partial charge in [-0.2, -0.15) is 0 Å². The van der Waals surface area contributed by atoms with Gasteiger partial charge in [-0.1, -0.05) is 12.1 Å². The van der Waals surface area contributed by atoms with E-state index in [0.29, 0.717) is 30.0 Å². The molecular formula is C19H22N4O4S. The highest BCUT2D eigenvalue weighted by Gasteiger charge is 2.12. The molecule has 0 spiro atoms. The Morgan fingerprint density at radius 1 is 1.11 bits per heavy atom. The highest BCUT2D eigenvalue weighted by Crippen LogP contribution is 2.28. The summed E-state index contributed by atoms with van der Waals surface area (Å²) in [7, 11) is 3.35. The number of hydrogen-bond donors (Lipinski definition) is 2. The molecule has 0 fully saturated rings. The van der Waals surface area contributed by atoms with E-state index in [1.165, 1.54) is 17.0 Å². The van der Waals surface area contributed by atoms with Gasteiger partial charge in [0.2, 0.25) is 5.91 Å². The van der Waals surface area contributed by atoms with Gasteiger partial charge in [-0.05, 0) is 42.4 Å². The Morgan fingerprint density at radius 3 is 2.43 bits per heavy atom. The number of rotatable bonds is 8. The first-order valence-electron chi connectivity index (χ1n) is 8.63. The molecule has 0 aliphatic heterocycles. The number of non-ortho nitro benzene ring substituents is 1. The summed E-state index contributed by atoms with van der Waals surface area (Å²) >= 11 is 1.06. The number of nitro groups is 1. The molecule has 28 heavy (non-hydrogen) atoms. The van der Waals surface area contributed by atoms with Gasteiger partial charge in [0.1, 0.15) is 0 Å². The third-order valence-electron chi connectivity index (χ3n) is 3.71. The maximum Gasteiger partial charge on any atom is 0.286 e. The number of carbonyl (C=O) groups excluding carboxylic acids is 2. The van der Waals surface area contributed by atoms with Gasteiger partial charge in [0.15, 0.2) is 0 Å². The van der Waals surface area contributed by atoms with Crippen LogP contribution in [0.4, 0.5) is 21.9 Å². The monoisotopic (exact) mass is 402 g/mol. The lowest BCUT2D eigenvalue weighted by Gasteiger charge is -2.13. The van der Waals surface area contributed by atoms with E-state index in [0.717, 1.165) is 17.4 Å². The lowest BCUT2D eigenvalue weighted by Crippen LogP contribution is -2.17. The molecule has 0 aliphatic rings. The number of nitrogens with zero attached hydrogens (tertiary/aromatic N) is 2. The Morgan fingerprint density at radius 2 is 1.79 bits per heavy atom. The number of nitro benzene ring substituents is 1. The van der Waals surface area contributed by atoms with Gasteiger partial charge in [-0.3, -0.25) is 19.7 Å². The summed E-state index contributed by atoms with van der Waals surface area (Å²) in [4.78, 5) is 36.4. The number of thioether (sulfide) groups is 1. The fourth-order valence-electron chi connectivity index (χ4n) is 2.24. The van der Waals surface area contributed by atoms with Crippen LogP contribution in [0, 0.1) is 10.1 Å². The molecular weight excluding hydrogens is 380 g/mol. The van der Waals surface area contributed by atoms with E-state index in [1.54, 1.807) is 44.4 Å². The van der Waals surface area contributed by atoms with Crippen molar-refractivity contribution in [3.63, 3.8) is 0 Å². The first kappa shape index (κ1) is 21.2. The zero-order valence-electron chi connectivity index (χ0n) is 15.7. The van der Waals surface area contributed by atoms with Crippen molar-refractivity contribution in [1.29, 1.82) is 0 Å². The van der Waals surface area contributed by atoms with Crippen LogP contribution in [0.1, 0.15) is 12.8 Å². The maximum absolute atomic E-state index is 12.2. The standard InChI is InChI=1S/C19H22N4O4S/c1-22(2)19(25)28-17-7-4-3-6-16(17)21-18(24)8-5-13-20-14-9-11-15(12-10-14)23(26)27/h3-4,6-7,9-12,20H,5,8,13H2,1-2H3,(H,21,24). The Hall–Kier alpha value is -3.07. The van der Waals surface area contributed by atoms with Gasteiger partial charge in [0.05, 0.1) is 10.6 Å². The summed E-state index contributed by atoms with van der Waals surface area (Å²) < 4.78 is 0. The largest absolute Gasteiger partial charge is 0.385 e. The van der Waals surface area contributed by atoms with E-state index >= 15 is 0 Å². The highest BCUT2D eigenvalue weighted by atomic mass is 32.2. The van der Waals surface area contributed by atoms with Gasteiger partial charge in [-0.25, -0.2) is 0 Å². The number of para-hydroxylation sites is 1. The summed E-state index contributed by atoms with van der Waals surface area (Å²) in [5.74, 6) is -0.143. The van der Waals surface area contributed by atoms with Crippen LogP contribution in [0.5, 0.6) is 0 Å². The zero-order chi connectivity index (χ0) is 20.5. The van der Waals surface area contributed by atoms with Crippen molar-refractivity contribution in [2.24, 2.45) is 0 Å². The summed E-state index contributed by atoms with van der Waals surface area (Å²) in [5, 5.41) is 16.5. The molecule has 0 radical (unpaired) electrons. The van der Waals surface area contributed by atoms with Crippen LogP contribution in [0.25, 0.3) is 0 Å². The second kappa shape index (κ2) is 10.3. The second-order valence-corrected chi connectivity index (χ2v) is 7.13. The Balaban J connectivity index is 1.80. The molecule has 0 unspecified atom stereocenters. The van der Waals surface area contributed by atoms with Crippen LogP contribution in [-0.4, -0.2) is 41.6 Å². The van der Waals surface area contributed by atoms with Crippen LogP contribution < -0.4 is 10.6 Å². The Kier molecular flexibility index (Phi) is 7.82. The lowest BCUT2D eigenvalue weighted by atomic mass is 10.2. The quantitative estimate of drug-likeness (QED) is 0.297. The van der Waals surface area contributed by atoms with Crippen LogP contribution >= 0.6 is 11.8 Å². The number of hydrogen-bond acceptors (Lipinski definition) is 6. The Labute approximate surface area is 167 Å². The molecule has 0 atom stereocenters. The third-order valence-corrected chi connectivity index (χ3v) is 4.83. The number of benzene rings is 2. The van der Waals surface area contributed by atoms with Crippen molar-refractivity contribution in [2.75, 3.05) is 31.3 Å². The molecule has 0 saturated heterocycles. The molecule has 8 nitrogen and oxygen atoms in total. The van der Waals surface area contributed by atoms with Crippen molar-refractivity contribution in [1.82, 2.24) is 4.90 Å². The molecule has 0 heterocycles. The zero-order valence-corrected chi connectivity index (χ0v) is 16.5. The molecule has 0 bridgehead atoms. The minimum Gasteiger partial charge on any atom is -0.385 e. The molecule has 2 rings (SSSR count). The van der Waals surface area contributed by atoms with Gasteiger partial charge in [-0.15, -0.1) is 0 Å². The summed E-state index contributed by atoms with van der Waals surface area (Å²) in [5.41, 5.74) is 1.40. The molecule has 2 N–H and O–H groups in total. The van der Waals surface area contributed by atoms with Gasteiger partial charge < -0.3 is 15.5 Å². The first-order chi connectivity index (χ1) is 13.4. The predicted octanol–water partition coefficient (Wildman–Crippen LogP) is 4.20. The molecule has 0 aliphatic carbocycles. The van der Waals surface area contributed by atoms with Crippen molar-refractivity contribution in [3.05, 3.63) is 58.6 Å². The molecule has 0 aromatic heterocycles. The minimum atomic E-state index is -0.448. The minimum absolute atomic E-state index is 0.0363.